The Labute approximate surface area is 132 Å². The Kier molecular flexibility index (Phi) is 4.75. The molecule has 0 spiro atoms. The number of carbonyl (C=O) groups is 4. The summed E-state index contributed by atoms with van der Waals surface area (Å²) in [6.07, 6.45) is -1.19. The highest BCUT2D eigenvalue weighted by atomic mass is 16.5. The lowest BCUT2D eigenvalue weighted by molar-refractivity contribution is -0.148. The van der Waals surface area contributed by atoms with Gasteiger partial charge in [-0.15, -0.1) is 0 Å². The molecule has 8 heteroatoms. The number of hydrogen-bond donors (Lipinski definition) is 2. The zero-order valence-corrected chi connectivity index (χ0v) is 12.7. The van der Waals surface area contributed by atoms with Crippen molar-refractivity contribution in [3.8, 4) is 0 Å². The van der Waals surface area contributed by atoms with E-state index in [1.807, 2.05) is 0 Å². The van der Waals surface area contributed by atoms with Crippen LogP contribution in [-0.2, 0) is 14.3 Å². The standard InChI is InChI=1S/C15H16N2O6/c1-8-3-4-9-10(5-8)14(20)17(13(9)19)7-12(18)16-6-11(23-2)15(21)22/h3-5,11H,6-7H2,1-2H3,(H,16,18)(H,21,22). The molecule has 0 bridgehead atoms. The van der Waals surface area contributed by atoms with E-state index in [2.05, 4.69) is 10.1 Å². The van der Waals surface area contributed by atoms with Gasteiger partial charge in [0.1, 0.15) is 6.54 Å². The SMILES string of the molecule is COC(CNC(=O)CN1C(=O)c2ccc(C)cc2C1=O)C(=O)O. The van der Waals surface area contributed by atoms with Gasteiger partial charge in [0.05, 0.1) is 17.7 Å². The molecule has 122 valence electrons. The number of methoxy groups -OCH3 is 1. The molecule has 1 aromatic rings. The number of nitrogens with one attached hydrogen (secondary N) is 1. The molecule has 2 rings (SSSR count). The van der Waals surface area contributed by atoms with E-state index in [0.29, 0.717) is 0 Å². The maximum atomic E-state index is 12.2. The second kappa shape index (κ2) is 6.57. The van der Waals surface area contributed by atoms with Gasteiger partial charge in [0.2, 0.25) is 5.91 Å². The molecule has 0 radical (unpaired) electrons. The van der Waals surface area contributed by atoms with Crippen molar-refractivity contribution in [1.29, 1.82) is 0 Å². The van der Waals surface area contributed by atoms with Gasteiger partial charge in [-0.25, -0.2) is 4.79 Å². The topological polar surface area (TPSA) is 113 Å². The first kappa shape index (κ1) is 16.6. The summed E-state index contributed by atoms with van der Waals surface area (Å²) in [5, 5.41) is 11.1. The highest BCUT2D eigenvalue weighted by molar-refractivity contribution is 6.22. The Hall–Kier alpha value is -2.74. The van der Waals surface area contributed by atoms with Crippen LogP contribution in [0.1, 0.15) is 26.3 Å². The summed E-state index contributed by atoms with van der Waals surface area (Å²) >= 11 is 0. The van der Waals surface area contributed by atoms with E-state index in [4.69, 9.17) is 5.11 Å². The minimum absolute atomic E-state index is 0.257. The molecule has 3 amide bonds. The lowest BCUT2D eigenvalue weighted by atomic mass is 10.1. The normalized spacial score (nSPS) is 14.6. The summed E-state index contributed by atoms with van der Waals surface area (Å²) in [5.41, 5.74) is 1.36. The predicted molar refractivity (Wildman–Crippen MR) is 78.0 cm³/mol. The zero-order valence-electron chi connectivity index (χ0n) is 12.7. The van der Waals surface area contributed by atoms with Crippen LogP contribution in [0.2, 0.25) is 0 Å². The number of imide groups is 1. The van der Waals surface area contributed by atoms with Crippen LogP contribution in [0.15, 0.2) is 18.2 Å². The molecular weight excluding hydrogens is 304 g/mol. The summed E-state index contributed by atoms with van der Waals surface area (Å²) in [4.78, 5) is 47.8. The van der Waals surface area contributed by atoms with E-state index in [1.165, 1.54) is 7.11 Å². The van der Waals surface area contributed by atoms with E-state index in [9.17, 15) is 19.2 Å². The fourth-order valence-corrected chi connectivity index (χ4v) is 2.23. The van der Waals surface area contributed by atoms with Crippen molar-refractivity contribution in [2.45, 2.75) is 13.0 Å². The quantitative estimate of drug-likeness (QED) is 0.702. The Balaban J connectivity index is 2.01. The lowest BCUT2D eigenvalue weighted by Crippen LogP contribution is -2.44. The number of carboxylic acids is 1. The summed E-state index contributed by atoms with van der Waals surface area (Å²) in [5.74, 6) is -2.93. The summed E-state index contributed by atoms with van der Waals surface area (Å²) in [7, 11) is 1.21. The van der Waals surface area contributed by atoms with Gasteiger partial charge in [-0.05, 0) is 19.1 Å². The molecule has 0 saturated heterocycles. The van der Waals surface area contributed by atoms with Crippen LogP contribution in [0, 0.1) is 6.92 Å². The van der Waals surface area contributed by atoms with E-state index in [1.54, 1.807) is 25.1 Å². The number of aryl methyl sites for hydroxylation is 1. The van der Waals surface area contributed by atoms with Gasteiger partial charge in [-0.3, -0.25) is 19.3 Å². The van der Waals surface area contributed by atoms with Crippen LogP contribution < -0.4 is 5.32 Å². The first-order valence-electron chi connectivity index (χ1n) is 6.84. The molecular formula is C15H16N2O6. The van der Waals surface area contributed by atoms with Gasteiger partial charge in [0.15, 0.2) is 6.10 Å². The molecule has 2 N–H and O–H groups in total. The molecule has 1 aliphatic rings. The fraction of sp³-hybridized carbons (Fsp3) is 0.333. The van der Waals surface area contributed by atoms with Gasteiger partial charge in [0.25, 0.3) is 11.8 Å². The molecule has 1 unspecified atom stereocenters. The number of carbonyl (C=O) groups excluding carboxylic acids is 3. The third kappa shape index (κ3) is 3.37. The van der Waals surface area contributed by atoms with E-state index in [0.717, 1.165) is 10.5 Å². The van der Waals surface area contributed by atoms with E-state index in [-0.39, 0.29) is 17.7 Å². The van der Waals surface area contributed by atoms with E-state index >= 15 is 0 Å². The average Bonchev–Trinajstić information content (AvgIpc) is 2.72. The van der Waals surface area contributed by atoms with E-state index < -0.39 is 36.3 Å². The van der Waals surface area contributed by atoms with Crippen molar-refractivity contribution in [2.24, 2.45) is 0 Å². The van der Waals surface area contributed by atoms with Crippen LogP contribution in [0.25, 0.3) is 0 Å². The molecule has 0 fully saturated rings. The second-order valence-electron chi connectivity index (χ2n) is 5.11. The summed E-state index contributed by atoms with van der Waals surface area (Å²) in [6, 6.07) is 4.86. The minimum atomic E-state index is -1.22. The number of nitrogens with zero attached hydrogens (tertiary/aromatic N) is 1. The predicted octanol–water partition coefficient (Wildman–Crippen LogP) is -0.193. The van der Waals surface area contributed by atoms with Crippen molar-refractivity contribution in [3.05, 3.63) is 34.9 Å². The molecule has 23 heavy (non-hydrogen) atoms. The monoisotopic (exact) mass is 320 g/mol. The van der Waals surface area contributed by atoms with Gasteiger partial charge in [-0.1, -0.05) is 11.6 Å². The van der Waals surface area contributed by atoms with Crippen molar-refractivity contribution in [1.82, 2.24) is 10.2 Å². The highest BCUT2D eigenvalue weighted by Gasteiger charge is 2.36. The third-order valence-corrected chi connectivity index (χ3v) is 3.47. The first-order valence-corrected chi connectivity index (χ1v) is 6.84. The van der Waals surface area contributed by atoms with Crippen LogP contribution in [-0.4, -0.2) is 60.0 Å². The highest BCUT2D eigenvalue weighted by Crippen LogP contribution is 2.23. The molecule has 1 heterocycles. The largest absolute Gasteiger partial charge is 0.479 e. The van der Waals surface area contributed by atoms with Crippen LogP contribution in [0.4, 0.5) is 0 Å². The van der Waals surface area contributed by atoms with Crippen LogP contribution >= 0.6 is 0 Å². The summed E-state index contributed by atoms with van der Waals surface area (Å²) < 4.78 is 4.68. The van der Waals surface area contributed by atoms with Gasteiger partial charge in [-0.2, -0.15) is 0 Å². The number of ether oxygens (including phenoxy) is 1. The fourth-order valence-electron chi connectivity index (χ4n) is 2.23. The average molecular weight is 320 g/mol. The van der Waals surface area contributed by atoms with Crippen LogP contribution in [0.3, 0.4) is 0 Å². The lowest BCUT2D eigenvalue weighted by Gasteiger charge is -2.15. The number of amides is 3. The van der Waals surface area contributed by atoms with Gasteiger partial charge < -0.3 is 15.2 Å². The number of hydrogen-bond acceptors (Lipinski definition) is 5. The molecule has 8 nitrogen and oxygen atoms in total. The zero-order chi connectivity index (χ0) is 17.1. The van der Waals surface area contributed by atoms with Crippen molar-refractivity contribution >= 4 is 23.7 Å². The third-order valence-electron chi connectivity index (χ3n) is 3.47. The number of carboxylic acid groups (broad SMARTS) is 1. The maximum absolute atomic E-state index is 12.2. The molecule has 0 saturated carbocycles. The van der Waals surface area contributed by atoms with Crippen LogP contribution in [0.5, 0.6) is 0 Å². The molecule has 1 aliphatic heterocycles. The molecule has 0 aromatic heterocycles. The summed E-state index contributed by atoms with van der Waals surface area (Å²) in [6.45, 7) is 1.07. The molecule has 1 atom stereocenters. The smallest absolute Gasteiger partial charge is 0.334 e. The van der Waals surface area contributed by atoms with Crippen molar-refractivity contribution < 1.29 is 29.0 Å². The Morgan fingerprint density at radius 1 is 1.26 bits per heavy atom. The minimum Gasteiger partial charge on any atom is -0.479 e. The van der Waals surface area contributed by atoms with Crippen molar-refractivity contribution in [3.63, 3.8) is 0 Å². The number of fused-ring (bicyclic) bond motifs is 1. The Morgan fingerprint density at radius 3 is 2.52 bits per heavy atom. The van der Waals surface area contributed by atoms with Gasteiger partial charge in [0, 0.05) is 7.11 Å². The second-order valence-corrected chi connectivity index (χ2v) is 5.11. The number of benzene rings is 1. The Bertz CT molecular complexity index is 685. The maximum Gasteiger partial charge on any atom is 0.334 e. The first-order chi connectivity index (χ1) is 10.8. The van der Waals surface area contributed by atoms with Crippen molar-refractivity contribution in [2.75, 3.05) is 20.2 Å². The van der Waals surface area contributed by atoms with Gasteiger partial charge >= 0.3 is 5.97 Å². The number of aliphatic carboxylic acids is 1. The number of rotatable bonds is 6. The Morgan fingerprint density at radius 2 is 1.91 bits per heavy atom. The molecule has 0 aliphatic carbocycles. The molecule has 1 aromatic carbocycles.